The van der Waals surface area contributed by atoms with Gasteiger partial charge in [-0.1, -0.05) is 36.4 Å². The maximum Gasteiger partial charge on any atom is 0.305 e. The van der Waals surface area contributed by atoms with Gasteiger partial charge in [0, 0.05) is 24.7 Å². The zero-order chi connectivity index (χ0) is 20.9. The highest BCUT2D eigenvalue weighted by Crippen LogP contribution is 2.40. The molecule has 1 aliphatic heterocycles. The van der Waals surface area contributed by atoms with Gasteiger partial charge < -0.3 is 19.4 Å². The Bertz CT molecular complexity index is 1010. The molecule has 0 spiro atoms. The second-order valence-electron chi connectivity index (χ2n) is 7.07. The van der Waals surface area contributed by atoms with E-state index in [4.69, 9.17) is 21.4 Å². The molecule has 7 heteroatoms. The fraction of sp³-hybridized carbons (Fsp3) is 0.261. The lowest BCUT2D eigenvalue weighted by atomic mass is 10.0. The van der Waals surface area contributed by atoms with Gasteiger partial charge in [0.15, 0.2) is 5.11 Å². The van der Waals surface area contributed by atoms with E-state index < -0.39 is 0 Å². The Labute approximate surface area is 180 Å². The van der Waals surface area contributed by atoms with Gasteiger partial charge in [0.05, 0.1) is 18.8 Å². The summed E-state index contributed by atoms with van der Waals surface area (Å²) in [6.07, 6.45) is 2.74. The van der Waals surface area contributed by atoms with Crippen LogP contribution in [0.3, 0.4) is 0 Å². The van der Waals surface area contributed by atoms with E-state index in [1.165, 1.54) is 7.11 Å². The average molecular weight is 422 g/mol. The minimum Gasteiger partial charge on any atom is -0.469 e. The Hall–Kier alpha value is -3.19. The van der Waals surface area contributed by atoms with Gasteiger partial charge in [-0.25, -0.2) is 0 Å². The number of hydrogen-bond donors (Lipinski definition) is 1. The molecule has 1 saturated heterocycles. The van der Waals surface area contributed by atoms with Gasteiger partial charge in [-0.05, 0) is 42.9 Å². The second kappa shape index (κ2) is 9.09. The number of hydrogen-bond acceptors (Lipinski definition) is 5. The molecule has 1 aliphatic rings. The van der Waals surface area contributed by atoms with Crippen LogP contribution < -0.4 is 5.32 Å². The van der Waals surface area contributed by atoms with Crippen LogP contribution in [0.4, 0.5) is 0 Å². The van der Waals surface area contributed by atoms with E-state index in [9.17, 15) is 4.79 Å². The molecule has 1 N–H and O–H groups in total. The molecular weight excluding hydrogens is 398 g/mol. The molecular formula is C23H23N3O3S. The number of carbonyl (C=O) groups excluding carboxylic acids is 1. The van der Waals surface area contributed by atoms with Gasteiger partial charge in [0.25, 0.3) is 0 Å². The lowest BCUT2D eigenvalue weighted by molar-refractivity contribution is -0.140. The van der Waals surface area contributed by atoms with Crippen molar-refractivity contribution >= 4 is 23.3 Å². The van der Waals surface area contributed by atoms with Gasteiger partial charge in [-0.3, -0.25) is 9.78 Å². The molecule has 0 amide bonds. The summed E-state index contributed by atoms with van der Waals surface area (Å²) < 4.78 is 11.0. The Morgan fingerprint density at radius 2 is 1.97 bits per heavy atom. The minimum absolute atomic E-state index is 0.147. The molecule has 2 atom stereocenters. The van der Waals surface area contributed by atoms with Gasteiger partial charge in [0.1, 0.15) is 17.6 Å². The number of nitrogens with one attached hydrogen (secondary N) is 1. The SMILES string of the molecule is COC(=O)CCCN1C(=S)N[C@H](c2ccccn2)[C@@H]1c1ccc(-c2ccccc2)o1. The number of carbonyl (C=O) groups is 1. The van der Waals surface area contributed by atoms with Crippen molar-refractivity contribution in [2.45, 2.75) is 24.9 Å². The molecule has 4 rings (SSSR count). The van der Waals surface area contributed by atoms with Crippen molar-refractivity contribution < 1.29 is 13.9 Å². The van der Waals surface area contributed by atoms with Crippen molar-refractivity contribution in [1.29, 1.82) is 0 Å². The van der Waals surface area contributed by atoms with Crippen LogP contribution >= 0.6 is 12.2 Å². The highest BCUT2D eigenvalue weighted by molar-refractivity contribution is 7.80. The smallest absolute Gasteiger partial charge is 0.305 e. The molecule has 0 aliphatic carbocycles. The topological polar surface area (TPSA) is 67.6 Å². The number of aromatic nitrogens is 1. The van der Waals surface area contributed by atoms with Crippen molar-refractivity contribution in [2.75, 3.05) is 13.7 Å². The van der Waals surface area contributed by atoms with Gasteiger partial charge in [0.2, 0.25) is 0 Å². The van der Waals surface area contributed by atoms with E-state index in [1.54, 1.807) is 6.20 Å². The van der Waals surface area contributed by atoms with Gasteiger partial charge >= 0.3 is 5.97 Å². The van der Waals surface area contributed by atoms with Crippen molar-refractivity contribution in [3.63, 3.8) is 0 Å². The van der Waals surface area contributed by atoms with Crippen LogP contribution in [-0.2, 0) is 9.53 Å². The minimum atomic E-state index is -0.227. The van der Waals surface area contributed by atoms with Crippen molar-refractivity contribution in [2.24, 2.45) is 0 Å². The molecule has 0 radical (unpaired) electrons. The molecule has 3 aromatic rings. The monoisotopic (exact) mass is 421 g/mol. The van der Waals surface area contributed by atoms with Crippen LogP contribution in [0.25, 0.3) is 11.3 Å². The molecule has 154 valence electrons. The molecule has 0 bridgehead atoms. The summed E-state index contributed by atoms with van der Waals surface area (Å²) in [5, 5.41) is 4.01. The van der Waals surface area contributed by atoms with Crippen molar-refractivity contribution in [3.05, 3.63) is 78.3 Å². The number of nitrogens with zero attached hydrogens (tertiary/aromatic N) is 2. The molecule has 2 aromatic heterocycles. The zero-order valence-corrected chi connectivity index (χ0v) is 17.5. The largest absolute Gasteiger partial charge is 0.469 e. The fourth-order valence-corrected chi connectivity index (χ4v) is 4.05. The third-order valence-electron chi connectivity index (χ3n) is 5.18. The van der Waals surface area contributed by atoms with E-state index in [0.29, 0.717) is 24.5 Å². The van der Waals surface area contributed by atoms with E-state index >= 15 is 0 Å². The maximum atomic E-state index is 11.5. The fourth-order valence-electron chi connectivity index (χ4n) is 3.72. The van der Waals surface area contributed by atoms with E-state index in [0.717, 1.165) is 22.8 Å². The van der Waals surface area contributed by atoms with E-state index in [2.05, 4.69) is 15.2 Å². The third kappa shape index (κ3) is 4.21. The van der Waals surface area contributed by atoms with E-state index in [-0.39, 0.29) is 18.1 Å². The Kier molecular flexibility index (Phi) is 6.09. The number of thiocarbonyl (C=S) groups is 1. The van der Waals surface area contributed by atoms with Crippen LogP contribution in [0.1, 0.15) is 36.4 Å². The van der Waals surface area contributed by atoms with Gasteiger partial charge in [-0.2, -0.15) is 0 Å². The molecule has 0 saturated carbocycles. The number of methoxy groups -OCH3 is 1. The normalized spacial score (nSPS) is 18.3. The highest BCUT2D eigenvalue weighted by atomic mass is 32.1. The first kappa shape index (κ1) is 20.1. The Balaban J connectivity index is 1.64. The molecule has 6 nitrogen and oxygen atoms in total. The second-order valence-corrected chi connectivity index (χ2v) is 7.45. The number of rotatable bonds is 7. The van der Waals surface area contributed by atoms with Gasteiger partial charge in [-0.15, -0.1) is 0 Å². The summed E-state index contributed by atoms with van der Waals surface area (Å²) in [5.74, 6) is 1.38. The number of ether oxygens (including phenoxy) is 1. The number of pyridine rings is 1. The van der Waals surface area contributed by atoms with Crippen LogP contribution in [-0.4, -0.2) is 34.6 Å². The summed E-state index contributed by atoms with van der Waals surface area (Å²) in [6.45, 7) is 0.607. The summed E-state index contributed by atoms with van der Waals surface area (Å²) >= 11 is 5.63. The zero-order valence-electron chi connectivity index (χ0n) is 16.7. The summed E-state index contributed by atoms with van der Waals surface area (Å²) in [5.41, 5.74) is 1.90. The third-order valence-corrected chi connectivity index (χ3v) is 5.53. The molecule has 3 heterocycles. The molecule has 1 fully saturated rings. The number of esters is 1. The Morgan fingerprint density at radius 1 is 1.17 bits per heavy atom. The highest BCUT2D eigenvalue weighted by Gasteiger charge is 2.41. The van der Waals surface area contributed by atoms with Crippen LogP contribution in [0.5, 0.6) is 0 Å². The van der Waals surface area contributed by atoms with Crippen molar-refractivity contribution in [1.82, 2.24) is 15.2 Å². The van der Waals surface area contributed by atoms with Crippen LogP contribution in [0, 0.1) is 0 Å². The lowest BCUT2D eigenvalue weighted by Crippen LogP contribution is -2.30. The number of benzene rings is 1. The lowest BCUT2D eigenvalue weighted by Gasteiger charge is -2.25. The molecule has 30 heavy (non-hydrogen) atoms. The first-order chi connectivity index (χ1) is 14.7. The number of furan rings is 1. The summed E-state index contributed by atoms with van der Waals surface area (Å²) in [4.78, 5) is 18.1. The first-order valence-corrected chi connectivity index (χ1v) is 10.3. The standard InChI is InChI=1S/C23H23N3O3S/c1-28-20(27)11-7-15-26-22(21(25-23(26)30)17-10-5-6-14-24-17)19-13-12-18(29-19)16-8-3-2-4-9-16/h2-6,8-10,12-14,21-22H,7,11,15H2,1H3,(H,25,30)/t21-,22+/m1/s1. The van der Waals surface area contributed by atoms with E-state index in [1.807, 2.05) is 60.7 Å². The predicted molar refractivity (Wildman–Crippen MR) is 118 cm³/mol. The van der Waals surface area contributed by atoms with Crippen molar-refractivity contribution in [3.8, 4) is 11.3 Å². The predicted octanol–water partition coefficient (Wildman–Crippen LogP) is 4.27. The quantitative estimate of drug-likeness (QED) is 0.451. The average Bonchev–Trinajstić information content (AvgIpc) is 3.40. The van der Waals surface area contributed by atoms with Crippen LogP contribution in [0.2, 0.25) is 0 Å². The first-order valence-electron chi connectivity index (χ1n) is 9.87. The molecule has 1 aromatic carbocycles. The Morgan fingerprint density at radius 3 is 2.70 bits per heavy atom. The summed E-state index contributed by atoms with van der Waals surface area (Å²) in [6, 6.07) is 19.5. The van der Waals surface area contributed by atoms with Crippen LogP contribution in [0.15, 0.2) is 71.3 Å². The maximum absolute atomic E-state index is 11.5. The summed E-state index contributed by atoms with van der Waals surface area (Å²) in [7, 11) is 1.40. The molecule has 0 unspecified atom stereocenters.